The van der Waals surface area contributed by atoms with Gasteiger partial charge in [0.25, 0.3) is 0 Å². The maximum atomic E-state index is 4.54. The fourth-order valence-corrected chi connectivity index (χ4v) is 1.46. The van der Waals surface area contributed by atoms with Gasteiger partial charge in [0.1, 0.15) is 5.82 Å². The predicted octanol–water partition coefficient (Wildman–Crippen LogP) is 2.74. The van der Waals surface area contributed by atoms with Crippen molar-refractivity contribution in [2.45, 2.75) is 46.2 Å². The first-order valence-electron chi connectivity index (χ1n) is 5.95. The summed E-state index contributed by atoms with van der Waals surface area (Å²) in [5.74, 6) is 1.41. The molecule has 1 aromatic rings. The fraction of sp³-hybridized carbons (Fsp3) is 0.615. The zero-order chi connectivity index (χ0) is 12.1. The van der Waals surface area contributed by atoms with Crippen LogP contribution in [0, 0.1) is 0 Å². The Balaban J connectivity index is 2.86. The molecule has 90 valence electrons. The maximum Gasteiger partial charge on any atom is 0.126 e. The molecule has 2 N–H and O–H groups in total. The second-order valence-corrected chi connectivity index (χ2v) is 4.73. The van der Waals surface area contributed by atoms with Crippen LogP contribution in [0.3, 0.4) is 0 Å². The molecule has 0 aliphatic heterocycles. The maximum absolute atomic E-state index is 4.54. The van der Waals surface area contributed by atoms with Crippen molar-refractivity contribution >= 4 is 5.82 Å². The molecule has 0 saturated carbocycles. The Hall–Kier alpha value is -1.09. The second kappa shape index (κ2) is 5.85. The van der Waals surface area contributed by atoms with Crippen molar-refractivity contribution in [3.8, 4) is 0 Å². The van der Waals surface area contributed by atoms with E-state index in [0.717, 1.165) is 18.1 Å². The highest BCUT2D eigenvalue weighted by atomic mass is 15.0. The van der Waals surface area contributed by atoms with Crippen LogP contribution < -0.4 is 10.6 Å². The molecule has 0 fully saturated rings. The fourth-order valence-electron chi connectivity index (χ4n) is 1.46. The first-order valence-corrected chi connectivity index (χ1v) is 5.95. The molecule has 0 aromatic carbocycles. The monoisotopic (exact) mass is 221 g/mol. The summed E-state index contributed by atoms with van der Waals surface area (Å²) in [6.45, 7) is 9.55. The van der Waals surface area contributed by atoms with Crippen LogP contribution in [0.1, 0.15) is 44.9 Å². The Bertz CT molecular complexity index is 332. The standard InChI is InChI=1S/C13H23N3/c1-9(2)12-6-11(8-15-10(3)4)7-13(14-5)16-12/h6-7,9-10,15H,8H2,1-5H3,(H,14,16). The largest absolute Gasteiger partial charge is 0.373 e. The molecule has 0 spiro atoms. The third-order valence-corrected chi connectivity index (χ3v) is 2.47. The summed E-state index contributed by atoms with van der Waals surface area (Å²) in [5, 5.41) is 6.54. The van der Waals surface area contributed by atoms with Crippen LogP contribution in [0.5, 0.6) is 0 Å². The molecule has 0 aliphatic rings. The van der Waals surface area contributed by atoms with Crippen LogP contribution in [-0.4, -0.2) is 18.1 Å². The molecule has 1 aromatic heterocycles. The zero-order valence-corrected chi connectivity index (χ0v) is 11.0. The predicted molar refractivity (Wildman–Crippen MR) is 69.8 cm³/mol. The number of nitrogens with one attached hydrogen (secondary N) is 2. The van der Waals surface area contributed by atoms with Gasteiger partial charge >= 0.3 is 0 Å². The van der Waals surface area contributed by atoms with Crippen LogP contribution in [0.4, 0.5) is 5.82 Å². The average Bonchev–Trinajstić information content (AvgIpc) is 2.25. The molecule has 0 atom stereocenters. The Kier molecular flexibility index (Phi) is 4.74. The third kappa shape index (κ3) is 3.81. The molecule has 0 unspecified atom stereocenters. The Morgan fingerprint density at radius 3 is 2.38 bits per heavy atom. The van der Waals surface area contributed by atoms with Gasteiger partial charge in [0.05, 0.1) is 0 Å². The summed E-state index contributed by atoms with van der Waals surface area (Å²) in [6.07, 6.45) is 0. The number of rotatable bonds is 5. The van der Waals surface area contributed by atoms with Crippen LogP contribution in [0.2, 0.25) is 0 Å². The van der Waals surface area contributed by atoms with E-state index in [9.17, 15) is 0 Å². The number of aromatic nitrogens is 1. The molecule has 0 saturated heterocycles. The molecule has 1 rings (SSSR count). The number of anilines is 1. The van der Waals surface area contributed by atoms with Gasteiger partial charge in [-0.15, -0.1) is 0 Å². The highest BCUT2D eigenvalue weighted by Crippen LogP contribution is 2.17. The summed E-state index contributed by atoms with van der Waals surface area (Å²) in [7, 11) is 1.91. The number of hydrogen-bond donors (Lipinski definition) is 2. The number of nitrogens with zero attached hydrogens (tertiary/aromatic N) is 1. The van der Waals surface area contributed by atoms with Crippen LogP contribution in [0.25, 0.3) is 0 Å². The first kappa shape index (κ1) is 13.0. The zero-order valence-electron chi connectivity index (χ0n) is 11.0. The average molecular weight is 221 g/mol. The summed E-state index contributed by atoms with van der Waals surface area (Å²) >= 11 is 0. The minimum absolute atomic E-state index is 0.464. The smallest absolute Gasteiger partial charge is 0.126 e. The minimum atomic E-state index is 0.464. The summed E-state index contributed by atoms with van der Waals surface area (Å²) < 4.78 is 0. The first-order chi connectivity index (χ1) is 7.52. The van der Waals surface area contributed by atoms with Gasteiger partial charge in [-0.3, -0.25) is 0 Å². The molecule has 16 heavy (non-hydrogen) atoms. The molecule has 0 bridgehead atoms. The summed E-state index contributed by atoms with van der Waals surface area (Å²) in [4.78, 5) is 4.54. The molecule has 1 heterocycles. The molecule has 3 nitrogen and oxygen atoms in total. The van der Waals surface area contributed by atoms with Gasteiger partial charge in [-0.05, 0) is 23.6 Å². The Labute approximate surface area is 98.7 Å². The highest BCUT2D eigenvalue weighted by molar-refractivity contribution is 5.39. The van der Waals surface area contributed by atoms with Crippen molar-refractivity contribution in [2.75, 3.05) is 12.4 Å². The van der Waals surface area contributed by atoms with Gasteiger partial charge in [-0.2, -0.15) is 0 Å². The molecular formula is C13H23N3. The summed E-state index contributed by atoms with van der Waals surface area (Å²) in [5.41, 5.74) is 2.43. The molecule has 0 amide bonds. The van der Waals surface area contributed by atoms with E-state index in [1.54, 1.807) is 0 Å². The van der Waals surface area contributed by atoms with E-state index in [2.05, 4.69) is 55.4 Å². The van der Waals surface area contributed by atoms with Gasteiger partial charge in [0, 0.05) is 25.3 Å². The van der Waals surface area contributed by atoms with E-state index in [1.807, 2.05) is 7.05 Å². The van der Waals surface area contributed by atoms with E-state index < -0.39 is 0 Å². The Morgan fingerprint density at radius 2 is 1.88 bits per heavy atom. The van der Waals surface area contributed by atoms with E-state index in [-0.39, 0.29) is 0 Å². The highest BCUT2D eigenvalue weighted by Gasteiger charge is 2.05. The molecule has 0 radical (unpaired) electrons. The van der Waals surface area contributed by atoms with Crippen molar-refractivity contribution in [3.05, 3.63) is 23.4 Å². The van der Waals surface area contributed by atoms with Crippen molar-refractivity contribution in [1.82, 2.24) is 10.3 Å². The minimum Gasteiger partial charge on any atom is -0.373 e. The quantitative estimate of drug-likeness (QED) is 0.802. The van der Waals surface area contributed by atoms with Gasteiger partial charge in [0.15, 0.2) is 0 Å². The SMILES string of the molecule is CNc1cc(CNC(C)C)cc(C(C)C)n1. The lowest BCUT2D eigenvalue weighted by molar-refractivity contribution is 0.588. The van der Waals surface area contributed by atoms with Gasteiger partial charge in [0.2, 0.25) is 0 Å². The topological polar surface area (TPSA) is 37.0 Å². The van der Waals surface area contributed by atoms with Crippen LogP contribution in [-0.2, 0) is 6.54 Å². The van der Waals surface area contributed by atoms with E-state index in [1.165, 1.54) is 5.56 Å². The van der Waals surface area contributed by atoms with Crippen LogP contribution in [0.15, 0.2) is 12.1 Å². The van der Waals surface area contributed by atoms with Gasteiger partial charge in [-0.1, -0.05) is 27.7 Å². The van der Waals surface area contributed by atoms with E-state index >= 15 is 0 Å². The molecule has 3 heteroatoms. The van der Waals surface area contributed by atoms with E-state index in [0.29, 0.717) is 12.0 Å². The third-order valence-electron chi connectivity index (χ3n) is 2.47. The lowest BCUT2D eigenvalue weighted by Crippen LogP contribution is -2.22. The van der Waals surface area contributed by atoms with E-state index in [4.69, 9.17) is 0 Å². The molecule has 0 aliphatic carbocycles. The lowest BCUT2D eigenvalue weighted by atomic mass is 10.1. The second-order valence-electron chi connectivity index (χ2n) is 4.73. The number of pyridine rings is 1. The Morgan fingerprint density at radius 1 is 1.19 bits per heavy atom. The normalized spacial score (nSPS) is 11.2. The van der Waals surface area contributed by atoms with Crippen LogP contribution >= 0.6 is 0 Å². The number of hydrogen-bond acceptors (Lipinski definition) is 3. The van der Waals surface area contributed by atoms with Crippen molar-refractivity contribution in [1.29, 1.82) is 0 Å². The van der Waals surface area contributed by atoms with Crippen molar-refractivity contribution in [2.24, 2.45) is 0 Å². The van der Waals surface area contributed by atoms with Gasteiger partial charge < -0.3 is 10.6 Å². The summed E-state index contributed by atoms with van der Waals surface area (Å²) in [6, 6.07) is 4.79. The van der Waals surface area contributed by atoms with Crippen molar-refractivity contribution < 1.29 is 0 Å². The lowest BCUT2D eigenvalue weighted by Gasteiger charge is -2.13. The molecular weight excluding hydrogens is 198 g/mol. The van der Waals surface area contributed by atoms with Crippen molar-refractivity contribution in [3.63, 3.8) is 0 Å². The van der Waals surface area contributed by atoms with Gasteiger partial charge in [-0.25, -0.2) is 4.98 Å².